The molecular formula is C28H27F2N5O4. The number of aryl methyl sites for hydroxylation is 1. The molecule has 1 aliphatic rings. The number of imide groups is 1. The van der Waals surface area contributed by atoms with Crippen molar-refractivity contribution in [2.24, 2.45) is 7.05 Å². The summed E-state index contributed by atoms with van der Waals surface area (Å²) in [7, 11) is 4.86. The summed E-state index contributed by atoms with van der Waals surface area (Å²) in [5.41, 5.74) is -1.02. The number of hydrogen-bond acceptors (Lipinski definition) is 6. The number of anilines is 2. The van der Waals surface area contributed by atoms with Gasteiger partial charge in [-0.05, 0) is 24.3 Å². The first-order valence-corrected chi connectivity index (χ1v) is 12.0. The molecule has 0 aliphatic carbocycles. The fourth-order valence-corrected chi connectivity index (χ4v) is 4.41. The molecule has 4 rings (SSSR count). The third-order valence-electron chi connectivity index (χ3n) is 6.44. The number of urea groups is 1. The molecule has 0 saturated carbocycles. The van der Waals surface area contributed by atoms with Crippen molar-refractivity contribution in [2.75, 3.05) is 43.7 Å². The van der Waals surface area contributed by atoms with E-state index in [1.165, 1.54) is 7.11 Å². The van der Waals surface area contributed by atoms with Gasteiger partial charge in [0.1, 0.15) is 17.5 Å². The number of aromatic nitrogens is 2. The van der Waals surface area contributed by atoms with Gasteiger partial charge in [0, 0.05) is 51.6 Å². The average molecular weight is 536 g/mol. The van der Waals surface area contributed by atoms with Gasteiger partial charge >= 0.3 is 6.03 Å². The van der Waals surface area contributed by atoms with Crippen LogP contribution in [0, 0.1) is 23.5 Å². The van der Waals surface area contributed by atoms with Gasteiger partial charge in [-0.25, -0.2) is 18.5 Å². The molecule has 39 heavy (non-hydrogen) atoms. The van der Waals surface area contributed by atoms with Crippen molar-refractivity contribution in [3.8, 4) is 11.8 Å². The van der Waals surface area contributed by atoms with E-state index in [-0.39, 0.29) is 25.3 Å². The number of methoxy groups -OCH3 is 1. The van der Waals surface area contributed by atoms with Gasteiger partial charge in [0.15, 0.2) is 11.6 Å². The normalized spacial score (nSPS) is 17.2. The molecule has 0 radical (unpaired) electrons. The van der Waals surface area contributed by atoms with Crippen LogP contribution in [-0.4, -0.2) is 72.3 Å². The molecule has 3 amide bonds. The minimum absolute atomic E-state index is 0.0334. The van der Waals surface area contributed by atoms with Gasteiger partial charge in [0.2, 0.25) is 5.91 Å². The van der Waals surface area contributed by atoms with Crippen molar-refractivity contribution in [3.63, 3.8) is 0 Å². The van der Waals surface area contributed by atoms with E-state index < -0.39 is 41.2 Å². The zero-order valence-corrected chi connectivity index (χ0v) is 21.7. The molecule has 1 aliphatic heterocycles. The number of amides is 3. The van der Waals surface area contributed by atoms with Crippen LogP contribution in [0.1, 0.15) is 17.5 Å². The maximum atomic E-state index is 15.3. The van der Waals surface area contributed by atoms with Gasteiger partial charge in [-0.2, -0.15) is 5.10 Å². The zero-order chi connectivity index (χ0) is 28.2. The Bertz CT molecular complexity index is 1430. The minimum Gasteiger partial charge on any atom is -0.382 e. The number of nitrogens with zero attached hydrogens (tertiary/aromatic N) is 5. The Kier molecular flexibility index (Phi) is 8.07. The maximum absolute atomic E-state index is 15.3. The lowest BCUT2D eigenvalue weighted by Gasteiger charge is -2.46. The van der Waals surface area contributed by atoms with Crippen LogP contribution >= 0.6 is 0 Å². The summed E-state index contributed by atoms with van der Waals surface area (Å²) < 4.78 is 37.3. The fourth-order valence-electron chi connectivity index (χ4n) is 4.41. The highest BCUT2D eigenvalue weighted by molar-refractivity contribution is 6.18. The molecule has 1 unspecified atom stereocenters. The third kappa shape index (κ3) is 5.66. The monoisotopic (exact) mass is 535 g/mol. The van der Waals surface area contributed by atoms with Crippen LogP contribution in [0.5, 0.6) is 0 Å². The Morgan fingerprint density at radius 1 is 1.13 bits per heavy atom. The number of rotatable bonds is 8. The second-order valence-electron chi connectivity index (χ2n) is 9.19. The van der Waals surface area contributed by atoms with E-state index in [9.17, 15) is 14.4 Å². The van der Waals surface area contributed by atoms with E-state index in [1.807, 2.05) is 6.07 Å². The van der Waals surface area contributed by atoms with Crippen LogP contribution in [-0.2, 0) is 21.4 Å². The van der Waals surface area contributed by atoms with E-state index in [0.717, 1.165) is 22.7 Å². The summed E-state index contributed by atoms with van der Waals surface area (Å²) in [6.07, 6.45) is 3.36. The predicted octanol–water partition coefficient (Wildman–Crippen LogP) is 2.98. The maximum Gasteiger partial charge on any atom is 0.332 e. The quantitative estimate of drug-likeness (QED) is 0.326. The first-order valence-electron chi connectivity index (χ1n) is 12.0. The number of halogens is 2. The van der Waals surface area contributed by atoms with Crippen LogP contribution in [0.2, 0.25) is 0 Å². The van der Waals surface area contributed by atoms with Crippen LogP contribution in [0.4, 0.5) is 25.0 Å². The molecule has 202 valence electrons. The largest absolute Gasteiger partial charge is 0.382 e. The van der Waals surface area contributed by atoms with Crippen molar-refractivity contribution in [2.45, 2.75) is 12.0 Å². The molecule has 11 heteroatoms. The second-order valence-corrected chi connectivity index (χ2v) is 9.19. The molecule has 2 heterocycles. The third-order valence-corrected chi connectivity index (χ3v) is 6.44. The smallest absolute Gasteiger partial charge is 0.332 e. The molecule has 1 atom stereocenters. The summed E-state index contributed by atoms with van der Waals surface area (Å²) >= 11 is 0. The van der Waals surface area contributed by atoms with Gasteiger partial charge in [0.05, 0.1) is 24.9 Å². The minimum atomic E-state index is -1.64. The number of benzene rings is 2. The molecule has 1 saturated heterocycles. The SMILES string of the molecule is COCC1(C=O)CC(=O)N(c2c(F)cc(C#Cc3ccccc3)cc2F)C(=O)N1CCN(C)c1cnn(C)c1. The van der Waals surface area contributed by atoms with E-state index in [2.05, 4.69) is 16.9 Å². The van der Waals surface area contributed by atoms with Gasteiger partial charge < -0.3 is 19.3 Å². The van der Waals surface area contributed by atoms with Crippen LogP contribution in [0.25, 0.3) is 0 Å². The number of hydrogen-bond donors (Lipinski definition) is 0. The van der Waals surface area contributed by atoms with Crippen molar-refractivity contribution < 1.29 is 27.9 Å². The summed E-state index contributed by atoms with van der Waals surface area (Å²) in [5, 5.41) is 4.11. The second kappa shape index (κ2) is 11.4. The number of aldehydes is 1. The average Bonchev–Trinajstić information content (AvgIpc) is 3.35. The molecule has 1 fully saturated rings. The molecule has 1 aromatic heterocycles. The Labute approximate surface area is 224 Å². The number of carbonyl (C=O) groups is 3. The topological polar surface area (TPSA) is 88.0 Å². The molecule has 0 spiro atoms. The number of carbonyl (C=O) groups excluding carboxylic acids is 3. The van der Waals surface area contributed by atoms with Crippen LogP contribution in [0.3, 0.4) is 0 Å². The Morgan fingerprint density at radius 2 is 1.79 bits per heavy atom. The van der Waals surface area contributed by atoms with E-state index in [1.54, 1.807) is 60.3 Å². The molecule has 9 nitrogen and oxygen atoms in total. The summed E-state index contributed by atoms with van der Waals surface area (Å²) in [6, 6.07) is 9.78. The first kappa shape index (κ1) is 27.5. The van der Waals surface area contributed by atoms with Crippen molar-refractivity contribution in [3.05, 3.63) is 77.6 Å². The summed E-state index contributed by atoms with van der Waals surface area (Å²) in [5.74, 6) is 2.31. The Hall–Kier alpha value is -4.56. The van der Waals surface area contributed by atoms with Gasteiger partial charge in [0.25, 0.3) is 0 Å². The molecule has 0 bridgehead atoms. The number of likely N-dealkylation sites (N-methyl/N-ethyl adjacent to an activating group) is 1. The molecule has 3 aromatic rings. The Balaban J connectivity index is 1.66. The summed E-state index contributed by atoms with van der Waals surface area (Å²) in [4.78, 5) is 42.4. The standard InChI is InChI=1S/C28H27F2N5O4/c1-32(22-16-31-33(2)17-22)11-12-34-27(38)35(25(37)15-28(34,18-36)19-39-3)26-23(29)13-21(14-24(26)30)10-9-20-7-5-4-6-8-20/h4-8,13-14,16-18H,11-12,15,19H2,1-3H3. The van der Waals surface area contributed by atoms with Crippen molar-refractivity contribution in [1.29, 1.82) is 0 Å². The van der Waals surface area contributed by atoms with Crippen molar-refractivity contribution >= 4 is 29.6 Å². The fraction of sp³-hybridized carbons (Fsp3) is 0.286. The van der Waals surface area contributed by atoms with E-state index >= 15 is 8.78 Å². The lowest BCUT2D eigenvalue weighted by molar-refractivity contribution is -0.132. The molecule has 0 N–H and O–H groups in total. The summed E-state index contributed by atoms with van der Waals surface area (Å²) in [6.45, 7) is -0.0743. The highest BCUT2D eigenvalue weighted by Crippen LogP contribution is 2.34. The van der Waals surface area contributed by atoms with Gasteiger partial charge in [-0.3, -0.25) is 9.48 Å². The van der Waals surface area contributed by atoms with E-state index in [4.69, 9.17) is 4.74 Å². The lowest BCUT2D eigenvalue weighted by Crippen LogP contribution is -2.67. The molecule has 2 aromatic carbocycles. The first-order chi connectivity index (χ1) is 18.7. The van der Waals surface area contributed by atoms with Crippen LogP contribution < -0.4 is 9.80 Å². The van der Waals surface area contributed by atoms with Gasteiger partial charge in [-0.1, -0.05) is 30.0 Å². The van der Waals surface area contributed by atoms with Crippen LogP contribution in [0.15, 0.2) is 54.9 Å². The van der Waals surface area contributed by atoms with Crippen molar-refractivity contribution in [1.82, 2.24) is 14.7 Å². The van der Waals surface area contributed by atoms with Gasteiger partial charge in [-0.15, -0.1) is 0 Å². The highest BCUT2D eigenvalue weighted by atomic mass is 19.1. The lowest BCUT2D eigenvalue weighted by atomic mass is 9.92. The number of ether oxygens (including phenoxy) is 1. The highest BCUT2D eigenvalue weighted by Gasteiger charge is 2.51. The predicted molar refractivity (Wildman–Crippen MR) is 140 cm³/mol. The zero-order valence-electron chi connectivity index (χ0n) is 21.7. The molecular weight excluding hydrogens is 508 g/mol. The van der Waals surface area contributed by atoms with E-state index in [0.29, 0.717) is 16.7 Å². The Morgan fingerprint density at radius 3 is 2.38 bits per heavy atom.